The molecule has 4 aromatic rings. The lowest BCUT2D eigenvalue weighted by atomic mass is 9.76. The van der Waals surface area contributed by atoms with E-state index >= 15 is 0 Å². The van der Waals surface area contributed by atoms with Gasteiger partial charge in [0.25, 0.3) is 0 Å². The topological polar surface area (TPSA) is 58.6 Å². The van der Waals surface area contributed by atoms with E-state index in [2.05, 4.69) is 41.7 Å². The molecule has 194 valence electrons. The summed E-state index contributed by atoms with van der Waals surface area (Å²) in [7, 11) is 1.36. The molecule has 0 aliphatic carbocycles. The van der Waals surface area contributed by atoms with Crippen LogP contribution in [-0.4, -0.2) is 41.1 Å². The van der Waals surface area contributed by atoms with Gasteiger partial charge in [0.15, 0.2) is 0 Å². The van der Waals surface area contributed by atoms with Gasteiger partial charge < -0.3 is 4.74 Å². The van der Waals surface area contributed by atoms with Gasteiger partial charge in [-0.05, 0) is 22.3 Å². The first kappa shape index (κ1) is 25.2. The minimum Gasteiger partial charge on any atom is -0.464 e. The molecule has 39 heavy (non-hydrogen) atoms. The smallest absolute Gasteiger partial charge is 0.355 e. The molecule has 2 atom stereocenters. The molecule has 6 heteroatoms. The molecule has 1 fully saturated rings. The van der Waals surface area contributed by atoms with Crippen molar-refractivity contribution in [2.75, 3.05) is 12.9 Å². The highest BCUT2D eigenvalue weighted by atomic mass is 32.2. The van der Waals surface area contributed by atoms with Crippen LogP contribution in [0.1, 0.15) is 22.3 Å². The van der Waals surface area contributed by atoms with E-state index in [1.807, 2.05) is 84.9 Å². The molecule has 0 bridgehead atoms. The van der Waals surface area contributed by atoms with Gasteiger partial charge in [-0.2, -0.15) is 0 Å². The van der Waals surface area contributed by atoms with Crippen molar-refractivity contribution in [3.8, 4) is 0 Å². The third-order valence-corrected chi connectivity index (χ3v) is 8.74. The summed E-state index contributed by atoms with van der Waals surface area (Å²) in [5, 5.41) is 3.56. The quantitative estimate of drug-likeness (QED) is 0.195. The summed E-state index contributed by atoms with van der Waals surface area (Å²) in [6.45, 7) is 0. The van der Waals surface area contributed by atoms with Crippen LogP contribution >= 0.6 is 11.8 Å². The largest absolute Gasteiger partial charge is 0.464 e. The van der Waals surface area contributed by atoms with Crippen molar-refractivity contribution < 1.29 is 14.3 Å². The number of hydrogen-bond acceptors (Lipinski definition) is 5. The van der Waals surface area contributed by atoms with Crippen LogP contribution in [0.15, 0.2) is 127 Å². The van der Waals surface area contributed by atoms with E-state index in [1.165, 1.54) is 7.11 Å². The molecule has 0 radical (unpaired) electrons. The molecule has 2 aliphatic heterocycles. The van der Waals surface area contributed by atoms with Crippen molar-refractivity contribution in [3.05, 3.63) is 149 Å². The van der Waals surface area contributed by atoms with Gasteiger partial charge in [0.1, 0.15) is 17.1 Å². The maximum absolute atomic E-state index is 14.0. The summed E-state index contributed by atoms with van der Waals surface area (Å²) in [6, 6.07) is 39.9. The number of methoxy groups -OCH3 is 1. The zero-order valence-corrected chi connectivity index (χ0v) is 22.3. The molecule has 1 N–H and O–H groups in total. The van der Waals surface area contributed by atoms with Gasteiger partial charge in [0, 0.05) is 11.3 Å². The number of hydrogen-bond donors (Lipinski definition) is 1. The van der Waals surface area contributed by atoms with Crippen LogP contribution in [0.3, 0.4) is 0 Å². The Morgan fingerprint density at radius 2 is 1.26 bits per heavy atom. The number of benzene rings is 4. The minimum absolute atomic E-state index is 0.145. The number of nitrogens with one attached hydrogen (secondary N) is 1. The van der Waals surface area contributed by atoms with E-state index in [4.69, 9.17) is 4.74 Å². The molecule has 0 saturated carbocycles. The number of β-lactam (4-membered cyclic amide) rings is 1. The van der Waals surface area contributed by atoms with E-state index in [9.17, 15) is 9.59 Å². The normalized spacial score (nSPS) is 18.8. The Kier molecular flexibility index (Phi) is 6.81. The first-order valence-corrected chi connectivity index (χ1v) is 14.0. The van der Waals surface area contributed by atoms with Crippen molar-refractivity contribution in [2.24, 2.45) is 0 Å². The highest BCUT2D eigenvalue weighted by Crippen LogP contribution is 2.46. The molecular weight excluding hydrogens is 504 g/mol. The fourth-order valence-electron chi connectivity index (χ4n) is 5.61. The van der Waals surface area contributed by atoms with Crippen LogP contribution in [0.25, 0.3) is 5.57 Å². The molecular formula is C33H28N2O3S. The molecule has 2 aliphatic rings. The van der Waals surface area contributed by atoms with Crippen molar-refractivity contribution in [1.29, 1.82) is 0 Å². The molecule has 4 aromatic carbocycles. The third-order valence-electron chi connectivity index (χ3n) is 7.46. The number of thioether (sulfide) groups is 1. The Morgan fingerprint density at radius 3 is 1.72 bits per heavy atom. The van der Waals surface area contributed by atoms with Crippen LogP contribution in [0, 0.1) is 0 Å². The van der Waals surface area contributed by atoms with Gasteiger partial charge in [-0.25, -0.2) is 4.79 Å². The molecule has 6 rings (SSSR count). The van der Waals surface area contributed by atoms with Crippen LogP contribution < -0.4 is 5.32 Å². The van der Waals surface area contributed by atoms with Gasteiger partial charge in [0.2, 0.25) is 5.91 Å². The zero-order chi connectivity index (χ0) is 26.8. The predicted octanol–water partition coefficient (Wildman–Crippen LogP) is 5.44. The van der Waals surface area contributed by atoms with Crippen molar-refractivity contribution >= 4 is 29.2 Å². The fourth-order valence-corrected chi connectivity index (χ4v) is 6.99. The Labute approximate surface area is 232 Å². The van der Waals surface area contributed by atoms with Gasteiger partial charge in [-0.15, -0.1) is 11.8 Å². The Hall–Kier alpha value is -4.13. The second-order valence-corrected chi connectivity index (χ2v) is 10.7. The van der Waals surface area contributed by atoms with Crippen molar-refractivity contribution in [2.45, 2.75) is 17.0 Å². The van der Waals surface area contributed by atoms with Gasteiger partial charge >= 0.3 is 5.97 Å². The van der Waals surface area contributed by atoms with Gasteiger partial charge in [-0.3, -0.25) is 15.0 Å². The predicted molar refractivity (Wildman–Crippen MR) is 155 cm³/mol. The molecule has 1 saturated heterocycles. The molecule has 0 aromatic heterocycles. The molecule has 1 amide bonds. The Bertz CT molecular complexity index is 1410. The molecule has 5 nitrogen and oxygen atoms in total. The molecule has 0 unspecified atom stereocenters. The lowest BCUT2D eigenvalue weighted by Crippen LogP contribution is -2.72. The average molecular weight is 533 g/mol. The number of amides is 1. The number of carbonyl (C=O) groups is 2. The zero-order valence-electron chi connectivity index (χ0n) is 21.5. The van der Waals surface area contributed by atoms with Crippen LogP contribution in [-0.2, 0) is 19.9 Å². The maximum atomic E-state index is 14.0. The summed E-state index contributed by atoms with van der Waals surface area (Å²) in [6.07, 6.45) is 0. The maximum Gasteiger partial charge on any atom is 0.355 e. The summed E-state index contributed by atoms with van der Waals surface area (Å²) < 4.78 is 5.17. The summed E-state index contributed by atoms with van der Waals surface area (Å²) in [4.78, 5) is 28.6. The molecule has 2 heterocycles. The third kappa shape index (κ3) is 4.26. The van der Waals surface area contributed by atoms with Gasteiger partial charge in [-0.1, -0.05) is 121 Å². The number of esters is 1. The van der Waals surface area contributed by atoms with Gasteiger partial charge in [0.05, 0.1) is 12.6 Å². The van der Waals surface area contributed by atoms with E-state index in [-0.39, 0.29) is 11.3 Å². The second-order valence-electron chi connectivity index (χ2n) is 9.56. The average Bonchev–Trinajstić information content (AvgIpc) is 3.02. The Morgan fingerprint density at radius 1 is 0.795 bits per heavy atom. The summed E-state index contributed by atoms with van der Waals surface area (Å²) in [5.41, 5.74) is 4.37. The van der Waals surface area contributed by atoms with E-state index in [1.54, 1.807) is 16.7 Å². The van der Waals surface area contributed by atoms with E-state index in [0.29, 0.717) is 11.4 Å². The summed E-state index contributed by atoms with van der Waals surface area (Å²) >= 11 is 1.66. The standard InChI is InChI=1S/C33H28N2O3S/c1-38-32(37)29-27(23-14-6-2-7-15-23)22-39-31-28(30(36)35(29)31)34-33(24-16-8-3-9-17-24,25-18-10-4-11-19-25)26-20-12-5-13-21-26/h2-21,28,31,34H,22H2,1H3/t28-,31-/m1/s1. The fraction of sp³-hybridized carbons (Fsp3) is 0.152. The highest BCUT2D eigenvalue weighted by molar-refractivity contribution is 8.00. The number of ether oxygens (including phenoxy) is 1. The monoisotopic (exact) mass is 532 g/mol. The van der Waals surface area contributed by atoms with Crippen molar-refractivity contribution in [3.63, 3.8) is 0 Å². The van der Waals surface area contributed by atoms with Crippen LogP contribution in [0.4, 0.5) is 0 Å². The molecule has 0 spiro atoms. The highest BCUT2D eigenvalue weighted by Gasteiger charge is 2.56. The van der Waals surface area contributed by atoms with Crippen LogP contribution in [0.5, 0.6) is 0 Å². The number of nitrogens with zero attached hydrogens (tertiary/aromatic N) is 1. The number of fused-ring (bicyclic) bond motifs is 1. The first-order chi connectivity index (χ1) is 19.1. The van der Waals surface area contributed by atoms with Crippen molar-refractivity contribution in [1.82, 2.24) is 10.2 Å². The Balaban J connectivity index is 1.46. The van der Waals surface area contributed by atoms with E-state index in [0.717, 1.165) is 27.8 Å². The second kappa shape index (κ2) is 10.6. The summed E-state index contributed by atoms with van der Waals surface area (Å²) in [5.74, 6) is -0.0459. The minimum atomic E-state index is -0.786. The lowest BCUT2D eigenvalue weighted by molar-refractivity contribution is -0.150. The number of carbonyl (C=O) groups excluding carboxylic acids is 2. The van der Waals surface area contributed by atoms with E-state index < -0.39 is 17.6 Å². The number of rotatable bonds is 7. The van der Waals surface area contributed by atoms with Crippen LogP contribution in [0.2, 0.25) is 0 Å². The SMILES string of the molecule is COC(=O)C1=C(c2ccccc2)CS[C@@H]2[C@H](NC(c3ccccc3)(c3ccccc3)c3ccccc3)C(=O)N12. The lowest BCUT2D eigenvalue weighted by Gasteiger charge is -2.53. The first-order valence-electron chi connectivity index (χ1n) is 12.9.